The summed E-state index contributed by atoms with van der Waals surface area (Å²) >= 11 is 1.66. The van der Waals surface area contributed by atoms with Gasteiger partial charge in [-0.2, -0.15) is 0 Å². The Morgan fingerprint density at radius 2 is 2.05 bits per heavy atom. The predicted octanol–water partition coefficient (Wildman–Crippen LogP) is 2.52. The summed E-state index contributed by atoms with van der Waals surface area (Å²) in [6, 6.07) is 10.0. The molecule has 2 aromatic heterocycles. The van der Waals surface area contributed by atoms with Crippen LogP contribution in [0.4, 0.5) is 11.4 Å². The van der Waals surface area contributed by atoms with E-state index in [1.807, 2.05) is 40.3 Å². The second kappa shape index (κ2) is 5.11. The predicted molar refractivity (Wildman–Crippen MR) is 77.4 cm³/mol. The second-order valence-corrected chi connectivity index (χ2v) is 5.07. The van der Waals surface area contributed by atoms with Gasteiger partial charge < -0.3 is 11.1 Å². The van der Waals surface area contributed by atoms with Crippen molar-refractivity contribution in [3.05, 3.63) is 53.2 Å². The standard InChI is InChI=1S/C13H13N5S/c14-12-4-5-19-13(12)7-15-10-2-1-3-11(6-10)18-8-16-17-9-18/h1-6,8-9,15H,7,14H2. The minimum atomic E-state index is 0.731. The zero-order chi connectivity index (χ0) is 13.1. The van der Waals surface area contributed by atoms with E-state index in [9.17, 15) is 0 Å². The molecule has 1 aromatic carbocycles. The van der Waals surface area contributed by atoms with Gasteiger partial charge in [-0.15, -0.1) is 21.5 Å². The molecule has 2 heterocycles. The summed E-state index contributed by atoms with van der Waals surface area (Å²) < 4.78 is 1.87. The molecule has 0 bridgehead atoms. The third-order valence-corrected chi connectivity index (χ3v) is 3.73. The Hall–Kier alpha value is -2.34. The van der Waals surface area contributed by atoms with Crippen LogP contribution in [0, 0.1) is 0 Å². The van der Waals surface area contributed by atoms with Gasteiger partial charge in [-0.05, 0) is 29.6 Å². The molecule has 0 spiro atoms. The molecule has 0 unspecified atom stereocenters. The maximum absolute atomic E-state index is 5.86. The summed E-state index contributed by atoms with van der Waals surface area (Å²) in [4.78, 5) is 1.15. The number of nitrogens with two attached hydrogens (primary N) is 1. The Morgan fingerprint density at radius 3 is 2.79 bits per heavy atom. The molecule has 5 nitrogen and oxygen atoms in total. The Balaban J connectivity index is 1.75. The fraction of sp³-hybridized carbons (Fsp3) is 0.0769. The summed E-state index contributed by atoms with van der Waals surface area (Å²) in [5.74, 6) is 0. The first-order chi connectivity index (χ1) is 9.33. The molecule has 0 saturated heterocycles. The van der Waals surface area contributed by atoms with Crippen molar-refractivity contribution in [3.63, 3.8) is 0 Å². The maximum atomic E-state index is 5.86. The van der Waals surface area contributed by atoms with Crippen molar-refractivity contribution in [1.29, 1.82) is 0 Å². The van der Waals surface area contributed by atoms with Crippen LogP contribution in [-0.2, 0) is 6.54 Å². The highest BCUT2D eigenvalue weighted by atomic mass is 32.1. The van der Waals surface area contributed by atoms with Gasteiger partial charge in [0.2, 0.25) is 0 Å². The quantitative estimate of drug-likeness (QED) is 0.765. The second-order valence-electron chi connectivity index (χ2n) is 4.07. The fourth-order valence-electron chi connectivity index (χ4n) is 1.79. The molecule has 0 aliphatic carbocycles. The molecular weight excluding hydrogens is 258 g/mol. The van der Waals surface area contributed by atoms with Crippen LogP contribution in [0.25, 0.3) is 5.69 Å². The van der Waals surface area contributed by atoms with E-state index in [2.05, 4.69) is 15.5 Å². The van der Waals surface area contributed by atoms with Gasteiger partial charge in [-0.25, -0.2) is 0 Å². The third-order valence-electron chi connectivity index (χ3n) is 2.80. The average Bonchev–Trinajstić information content (AvgIpc) is 3.08. The highest BCUT2D eigenvalue weighted by Gasteiger charge is 2.02. The number of nitrogens with zero attached hydrogens (tertiary/aromatic N) is 3. The van der Waals surface area contributed by atoms with Crippen LogP contribution in [0.1, 0.15) is 4.88 Å². The fourth-order valence-corrected chi connectivity index (χ4v) is 2.53. The lowest BCUT2D eigenvalue weighted by atomic mass is 10.2. The Labute approximate surface area is 114 Å². The lowest BCUT2D eigenvalue weighted by molar-refractivity contribution is 1.05. The minimum absolute atomic E-state index is 0.731. The highest BCUT2D eigenvalue weighted by molar-refractivity contribution is 7.10. The van der Waals surface area contributed by atoms with E-state index in [1.54, 1.807) is 24.0 Å². The summed E-state index contributed by atoms with van der Waals surface area (Å²) in [6.45, 7) is 0.731. The zero-order valence-electron chi connectivity index (χ0n) is 10.2. The molecule has 3 N–H and O–H groups in total. The molecule has 3 rings (SSSR count). The van der Waals surface area contributed by atoms with Gasteiger partial charge in [0.25, 0.3) is 0 Å². The number of hydrogen-bond donors (Lipinski definition) is 2. The number of nitrogen functional groups attached to an aromatic ring is 1. The van der Waals surface area contributed by atoms with Crippen LogP contribution in [0.5, 0.6) is 0 Å². The van der Waals surface area contributed by atoms with E-state index in [4.69, 9.17) is 5.73 Å². The van der Waals surface area contributed by atoms with Crippen molar-refractivity contribution in [2.75, 3.05) is 11.1 Å². The summed E-state index contributed by atoms with van der Waals surface area (Å²) in [5, 5.41) is 13.0. The van der Waals surface area contributed by atoms with Crippen LogP contribution in [0.2, 0.25) is 0 Å². The van der Waals surface area contributed by atoms with Gasteiger partial charge in [0.15, 0.2) is 0 Å². The minimum Gasteiger partial charge on any atom is -0.398 e. The SMILES string of the molecule is Nc1ccsc1CNc1cccc(-n2cnnc2)c1. The molecule has 0 aliphatic heterocycles. The van der Waals surface area contributed by atoms with Gasteiger partial charge in [-0.1, -0.05) is 6.07 Å². The number of hydrogen-bond acceptors (Lipinski definition) is 5. The Morgan fingerprint density at radius 1 is 1.21 bits per heavy atom. The van der Waals surface area contributed by atoms with E-state index in [-0.39, 0.29) is 0 Å². The summed E-state index contributed by atoms with van der Waals surface area (Å²) in [5.41, 5.74) is 8.76. The van der Waals surface area contributed by atoms with E-state index >= 15 is 0 Å². The number of aromatic nitrogens is 3. The molecule has 0 atom stereocenters. The number of benzene rings is 1. The van der Waals surface area contributed by atoms with Gasteiger partial charge in [-0.3, -0.25) is 4.57 Å². The Bertz CT molecular complexity index is 659. The average molecular weight is 271 g/mol. The van der Waals surface area contributed by atoms with Crippen molar-refractivity contribution < 1.29 is 0 Å². The number of thiophene rings is 1. The molecule has 96 valence electrons. The lowest BCUT2D eigenvalue weighted by Gasteiger charge is -2.08. The van der Waals surface area contributed by atoms with Gasteiger partial charge in [0.1, 0.15) is 12.7 Å². The van der Waals surface area contributed by atoms with Crippen molar-refractivity contribution in [3.8, 4) is 5.69 Å². The first-order valence-corrected chi connectivity index (χ1v) is 6.72. The molecule has 0 aliphatic rings. The lowest BCUT2D eigenvalue weighted by Crippen LogP contribution is -2.00. The monoisotopic (exact) mass is 271 g/mol. The van der Waals surface area contributed by atoms with E-state index in [0.717, 1.165) is 28.5 Å². The molecular formula is C13H13N5S. The van der Waals surface area contributed by atoms with Crippen LogP contribution < -0.4 is 11.1 Å². The highest BCUT2D eigenvalue weighted by Crippen LogP contribution is 2.21. The van der Waals surface area contributed by atoms with Crippen molar-refractivity contribution in [1.82, 2.24) is 14.8 Å². The van der Waals surface area contributed by atoms with E-state index in [0.29, 0.717) is 0 Å². The summed E-state index contributed by atoms with van der Waals surface area (Å²) in [7, 11) is 0. The molecule has 0 radical (unpaired) electrons. The zero-order valence-corrected chi connectivity index (χ0v) is 11.0. The van der Waals surface area contributed by atoms with Crippen molar-refractivity contribution in [2.45, 2.75) is 6.54 Å². The first-order valence-electron chi connectivity index (χ1n) is 5.84. The molecule has 19 heavy (non-hydrogen) atoms. The smallest absolute Gasteiger partial charge is 0.123 e. The van der Waals surface area contributed by atoms with E-state index in [1.165, 1.54) is 0 Å². The molecule has 0 amide bonds. The first kappa shape index (κ1) is 11.7. The number of nitrogens with one attached hydrogen (secondary N) is 1. The van der Waals surface area contributed by atoms with Crippen LogP contribution in [0.15, 0.2) is 48.4 Å². The largest absolute Gasteiger partial charge is 0.398 e. The maximum Gasteiger partial charge on any atom is 0.123 e. The normalized spacial score (nSPS) is 10.5. The molecule has 6 heteroatoms. The summed E-state index contributed by atoms with van der Waals surface area (Å²) in [6.07, 6.45) is 3.35. The number of rotatable bonds is 4. The van der Waals surface area contributed by atoms with Crippen LogP contribution in [-0.4, -0.2) is 14.8 Å². The van der Waals surface area contributed by atoms with Crippen molar-refractivity contribution in [2.24, 2.45) is 0 Å². The molecule has 0 fully saturated rings. The third kappa shape index (κ3) is 2.58. The van der Waals surface area contributed by atoms with Crippen molar-refractivity contribution >= 4 is 22.7 Å². The Kier molecular flexibility index (Phi) is 3.16. The number of anilines is 2. The topological polar surface area (TPSA) is 68.8 Å². The van der Waals surface area contributed by atoms with E-state index < -0.39 is 0 Å². The van der Waals surface area contributed by atoms with Crippen LogP contribution in [0.3, 0.4) is 0 Å². The van der Waals surface area contributed by atoms with Gasteiger partial charge in [0.05, 0.1) is 12.2 Å². The van der Waals surface area contributed by atoms with Crippen LogP contribution >= 0.6 is 11.3 Å². The molecule has 3 aromatic rings. The van der Waals surface area contributed by atoms with Gasteiger partial charge >= 0.3 is 0 Å². The molecule has 0 saturated carbocycles. The van der Waals surface area contributed by atoms with Gasteiger partial charge in [0, 0.05) is 16.3 Å².